The molecular weight excluding hydrogens is 264 g/mol. The van der Waals surface area contributed by atoms with Crippen LogP contribution in [0.1, 0.15) is 16.8 Å². The SMILES string of the molecule is COc1ccc(C=Nc2n[nH]c3nc(C)cc(C)c23)cc1. The van der Waals surface area contributed by atoms with Gasteiger partial charge in [-0.05, 0) is 55.3 Å². The number of fused-ring (bicyclic) bond motifs is 1. The molecule has 21 heavy (non-hydrogen) atoms. The van der Waals surface area contributed by atoms with Gasteiger partial charge in [-0.2, -0.15) is 5.10 Å². The van der Waals surface area contributed by atoms with Crippen LogP contribution >= 0.6 is 0 Å². The molecule has 2 aromatic heterocycles. The summed E-state index contributed by atoms with van der Waals surface area (Å²) < 4.78 is 5.13. The Hall–Kier alpha value is -2.69. The number of nitrogens with zero attached hydrogens (tertiary/aromatic N) is 3. The molecule has 0 spiro atoms. The summed E-state index contributed by atoms with van der Waals surface area (Å²) in [6.45, 7) is 4.01. The van der Waals surface area contributed by atoms with Crippen LogP contribution in [0.25, 0.3) is 11.0 Å². The van der Waals surface area contributed by atoms with Gasteiger partial charge in [0.05, 0.1) is 12.5 Å². The highest BCUT2D eigenvalue weighted by Crippen LogP contribution is 2.25. The number of ether oxygens (including phenoxy) is 1. The van der Waals surface area contributed by atoms with Gasteiger partial charge in [-0.3, -0.25) is 5.10 Å². The van der Waals surface area contributed by atoms with E-state index in [4.69, 9.17) is 4.74 Å². The summed E-state index contributed by atoms with van der Waals surface area (Å²) in [5.74, 6) is 1.48. The van der Waals surface area contributed by atoms with Crippen LogP contribution in [0.4, 0.5) is 5.82 Å². The molecule has 0 aliphatic carbocycles. The second-order valence-corrected chi connectivity index (χ2v) is 4.88. The van der Waals surface area contributed by atoms with Crippen LogP contribution in [-0.2, 0) is 0 Å². The largest absolute Gasteiger partial charge is 0.497 e. The van der Waals surface area contributed by atoms with E-state index in [-0.39, 0.29) is 0 Å². The van der Waals surface area contributed by atoms with Crippen molar-refractivity contribution >= 4 is 23.1 Å². The van der Waals surface area contributed by atoms with Crippen LogP contribution in [-0.4, -0.2) is 28.5 Å². The second-order valence-electron chi connectivity index (χ2n) is 4.88. The number of aromatic nitrogens is 3. The molecule has 0 saturated carbocycles. The third kappa shape index (κ3) is 2.63. The fourth-order valence-corrected chi connectivity index (χ4v) is 2.28. The minimum absolute atomic E-state index is 0.658. The molecule has 3 rings (SSSR count). The van der Waals surface area contributed by atoms with Crippen LogP contribution in [0.3, 0.4) is 0 Å². The van der Waals surface area contributed by atoms with Crippen LogP contribution in [0, 0.1) is 13.8 Å². The zero-order chi connectivity index (χ0) is 14.8. The molecule has 0 aliphatic heterocycles. The highest BCUT2D eigenvalue weighted by Gasteiger charge is 2.08. The van der Waals surface area contributed by atoms with Gasteiger partial charge >= 0.3 is 0 Å². The van der Waals surface area contributed by atoms with E-state index in [1.807, 2.05) is 44.2 Å². The number of aliphatic imine (C=N–C) groups is 1. The average molecular weight is 280 g/mol. The first kappa shape index (κ1) is 13.3. The number of aromatic amines is 1. The number of H-pyrrole nitrogens is 1. The predicted molar refractivity (Wildman–Crippen MR) is 83.6 cm³/mol. The van der Waals surface area contributed by atoms with E-state index < -0.39 is 0 Å². The second kappa shape index (κ2) is 5.36. The van der Waals surface area contributed by atoms with Gasteiger partial charge in [0.25, 0.3) is 0 Å². The summed E-state index contributed by atoms with van der Waals surface area (Å²) in [7, 11) is 1.65. The molecule has 2 heterocycles. The van der Waals surface area contributed by atoms with Crippen LogP contribution in [0.5, 0.6) is 5.75 Å². The minimum atomic E-state index is 0.658. The van der Waals surface area contributed by atoms with Crippen molar-refractivity contribution < 1.29 is 4.74 Å². The van der Waals surface area contributed by atoms with Crippen LogP contribution < -0.4 is 4.74 Å². The van der Waals surface area contributed by atoms with Crippen molar-refractivity contribution in [3.05, 3.63) is 47.2 Å². The summed E-state index contributed by atoms with van der Waals surface area (Å²) in [5, 5.41) is 8.13. The molecule has 0 fully saturated rings. The number of methoxy groups -OCH3 is 1. The molecule has 0 aliphatic rings. The van der Waals surface area contributed by atoms with Crippen molar-refractivity contribution in [2.75, 3.05) is 7.11 Å². The van der Waals surface area contributed by atoms with E-state index in [9.17, 15) is 0 Å². The van der Waals surface area contributed by atoms with Crippen LogP contribution in [0.2, 0.25) is 0 Å². The smallest absolute Gasteiger partial charge is 0.183 e. The molecule has 0 radical (unpaired) electrons. The van der Waals surface area contributed by atoms with Gasteiger partial charge in [0, 0.05) is 11.9 Å². The van der Waals surface area contributed by atoms with Gasteiger partial charge in [-0.15, -0.1) is 0 Å². The first-order valence-corrected chi connectivity index (χ1v) is 6.68. The first-order chi connectivity index (χ1) is 10.2. The fourth-order valence-electron chi connectivity index (χ4n) is 2.28. The third-order valence-corrected chi connectivity index (χ3v) is 3.29. The van der Waals surface area contributed by atoms with Gasteiger partial charge in [0.1, 0.15) is 5.75 Å². The zero-order valence-corrected chi connectivity index (χ0v) is 12.2. The quantitative estimate of drug-likeness (QED) is 0.748. The Labute approximate surface area is 122 Å². The van der Waals surface area contributed by atoms with E-state index in [2.05, 4.69) is 20.2 Å². The number of hydrogen-bond donors (Lipinski definition) is 1. The number of aryl methyl sites for hydroxylation is 2. The monoisotopic (exact) mass is 280 g/mol. The van der Waals surface area contributed by atoms with E-state index >= 15 is 0 Å². The Morgan fingerprint density at radius 1 is 1.19 bits per heavy atom. The standard InChI is InChI=1S/C16H16N4O/c1-10-8-11(2)18-16-14(10)15(19-20-16)17-9-12-4-6-13(21-3)7-5-12/h4-9H,1-3H3,(H,18,19,20). The lowest BCUT2D eigenvalue weighted by Gasteiger charge is -1.99. The zero-order valence-electron chi connectivity index (χ0n) is 12.2. The molecule has 0 atom stereocenters. The first-order valence-electron chi connectivity index (χ1n) is 6.68. The summed E-state index contributed by atoms with van der Waals surface area (Å²) in [6, 6.07) is 9.74. The molecule has 0 unspecified atom stereocenters. The lowest BCUT2D eigenvalue weighted by atomic mass is 10.2. The van der Waals surface area contributed by atoms with Gasteiger partial charge in [0.2, 0.25) is 0 Å². The Bertz CT molecular complexity index is 803. The topological polar surface area (TPSA) is 63.2 Å². The minimum Gasteiger partial charge on any atom is -0.497 e. The molecule has 106 valence electrons. The van der Waals surface area contributed by atoms with E-state index in [1.54, 1.807) is 13.3 Å². The summed E-state index contributed by atoms with van der Waals surface area (Å²) in [4.78, 5) is 8.89. The molecule has 0 saturated heterocycles. The average Bonchev–Trinajstić information content (AvgIpc) is 2.89. The summed E-state index contributed by atoms with van der Waals surface area (Å²) >= 11 is 0. The fraction of sp³-hybridized carbons (Fsp3) is 0.188. The number of benzene rings is 1. The highest BCUT2D eigenvalue weighted by atomic mass is 16.5. The summed E-state index contributed by atoms with van der Waals surface area (Å²) in [6.07, 6.45) is 1.79. The van der Waals surface area contributed by atoms with Gasteiger partial charge in [0.15, 0.2) is 11.5 Å². The summed E-state index contributed by atoms with van der Waals surface area (Å²) in [5.41, 5.74) is 3.85. The lowest BCUT2D eigenvalue weighted by Crippen LogP contribution is -1.85. The molecular formula is C16H16N4O. The number of hydrogen-bond acceptors (Lipinski definition) is 4. The number of rotatable bonds is 3. The Balaban J connectivity index is 1.95. The van der Waals surface area contributed by atoms with E-state index in [0.29, 0.717) is 5.82 Å². The van der Waals surface area contributed by atoms with E-state index in [1.165, 1.54) is 0 Å². The van der Waals surface area contributed by atoms with Crippen molar-refractivity contribution in [3.63, 3.8) is 0 Å². The Morgan fingerprint density at radius 2 is 1.95 bits per heavy atom. The third-order valence-electron chi connectivity index (χ3n) is 3.29. The maximum Gasteiger partial charge on any atom is 0.183 e. The van der Waals surface area contributed by atoms with Gasteiger partial charge in [-0.1, -0.05) is 0 Å². The van der Waals surface area contributed by atoms with Crippen molar-refractivity contribution in [1.82, 2.24) is 15.2 Å². The molecule has 0 amide bonds. The van der Waals surface area contributed by atoms with Crippen molar-refractivity contribution in [2.24, 2.45) is 4.99 Å². The maximum atomic E-state index is 5.13. The molecule has 1 aromatic carbocycles. The van der Waals surface area contributed by atoms with E-state index in [0.717, 1.165) is 33.6 Å². The molecule has 5 nitrogen and oxygen atoms in total. The Morgan fingerprint density at radius 3 is 2.67 bits per heavy atom. The number of pyridine rings is 1. The predicted octanol–water partition coefficient (Wildman–Crippen LogP) is 3.33. The number of nitrogens with one attached hydrogen (secondary N) is 1. The molecule has 3 aromatic rings. The van der Waals surface area contributed by atoms with Crippen molar-refractivity contribution in [1.29, 1.82) is 0 Å². The van der Waals surface area contributed by atoms with Crippen LogP contribution in [0.15, 0.2) is 35.3 Å². The Kier molecular flexibility index (Phi) is 3.39. The van der Waals surface area contributed by atoms with Crippen molar-refractivity contribution in [2.45, 2.75) is 13.8 Å². The highest BCUT2D eigenvalue weighted by molar-refractivity contribution is 5.92. The molecule has 0 bridgehead atoms. The van der Waals surface area contributed by atoms with Gasteiger partial charge in [-0.25, -0.2) is 9.98 Å². The molecule has 5 heteroatoms. The van der Waals surface area contributed by atoms with Crippen molar-refractivity contribution in [3.8, 4) is 5.75 Å². The lowest BCUT2D eigenvalue weighted by molar-refractivity contribution is 0.415. The normalized spacial score (nSPS) is 11.4. The molecule has 1 N–H and O–H groups in total. The maximum absolute atomic E-state index is 5.13. The van der Waals surface area contributed by atoms with Gasteiger partial charge < -0.3 is 4.74 Å².